The van der Waals surface area contributed by atoms with Crippen molar-refractivity contribution in [3.8, 4) is 0 Å². The number of hydrogen-bond donors (Lipinski definition) is 1. The molecule has 0 aromatic carbocycles. The van der Waals surface area contributed by atoms with Crippen LogP contribution in [0.2, 0.25) is 5.15 Å². The van der Waals surface area contributed by atoms with Crippen molar-refractivity contribution in [3.63, 3.8) is 0 Å². The quantitative estimate of drug-likeness (QED) is 0.712. The van der Waals surface area contributed by atoms with E-state index in [1.54, 1.807) is 12.5 Å². The Morgan fingerprint density at radius 1 is 1.70 bits per heavy atom. The lowest BCUT2D eigenvalue weighted by atomic mass is 10.4. The summed E-state index contributed by atoms with van der Waals surface area (Å²) in [6.45, 7) is 1.60. The molecular weight excluding hydrogens is 150 g/mol. The van der Waals surface area contributed by atoms with Gasteiger partial charge in [-0.1, -0.05) is 11.6 Å². The van der Waals surface area contributed by atoms with Crippen molar-refractivity contribution in [1.82, 2.24) is 9.55 Å². The highest BCUT2D eigenvalue weighted by Crippen LogP contribution is 2.02. The van der Waals surface area contributed by atoms with E-state index in [1.165, 1.54) is 0 Å². The van der Waals surface area contributed by atoms with Gasteiger partial charge in [-0.05, 0) is 13.0 Å². The first-order chi connectivity index (χ1) is 4.83. The molecule has 0 atom stereocenters. The maximum Gasteiger partial charge on any atom is 0.146 e. The fraction of sp³-hybridized carbons (Fsp3) is 0.500. The highest BCUT2D eigenvalue weighted by atomic mass is 35.5. The van der Waals surface area contributed by atoms with Crippen molar-refractivity contribution in [1.29, 1.82) is 0 Å². The number of halogens is 1. The van der Waals surface area contributed by atoms with E-state index in [4.69, 9.17) is 17.3 Å². The smallest absolute Gasteiger partial charge is 0.146 e. The van der Waals surface area contributed by atoms with Crippen molar-refractivity contribution in [3.05, 3.63) is 17.7 Å². The van der Waals surface area contributed by atoms with Crippen LogP contribution in [0.25, 0.3) is 0 Å². The second kappa shape index (κ2) is 3.58. The van der Waals surface area contributed by atoms with Crippen molar-refractivity contribution in [2.45, 2.75) is 13.0 Å². The molecule has 1 heterocycles. The summed E-state index contributed by atoms with van der Waals surface area (Å²) in [5.74, 6) is 0. The minimum absolute atomic E-state index is 0.539. The lowest BCUT2D eigenvalue weighted by Gasteiger charge is -1.96. The normalized spacial score (nSPS) is 10.2. The van der Waals surface area contributed by atoms with E-state index in [2.05, 4.69) is 4.98 Å². The van der Waals surface area contributed by atoms with E-state index in [1.807, 2.05) is 4.57 Å². The molecule has 0 aliphatic rings. The van der Waals surface area contributed by atoms with Gasteiger partial charge in [0.25, 0.3) is 0 Å². The van der Waals surface area contributed by atoms with Crippen LogP contribution in [0.1, 0.15) is 6.42 Å². The molecule has 3 nitrogen and oxygen atoms in total. The molecule has 1 rings (SSSR count). The number of nitrogens with two attached hydrogens (primary N) is 1. The van der Waals surface area contributed by atoms with Gasteiger partial charge in [0.05, 0.1) is 6.33 Å². The standard InChI is InChI=1S/C6H10ClN3/c7-6-4-10(5-9-6)3-1-2-8/h4-5H,1-3,8H2. The zero-order valence-electron chi connectivity index (χ0n) is 5.63. The Morgan fingerprint density at radius 2 is 2.50 bits per heavy atom. The summed E-state index contributed by atoms with van der Waals surface area (Å²) in [6.07, 6.45) is 4.46. The highest BCUT2D eigenvalue weighted by Gasteiger charge is 1.92. The van der Waals surface area contributed by atoms with Crippen LogP contribution >= 0.6 is 11.6 Å². The topological polar surface area (TPSA) is 43.8 Å². The Morgan fingerprint density at radius 3 is 3.00 bits per heavy atom. The second-order valence-corrected chi connectivity index (χ2v) is 2.46. The zero-order chi connectivity index (χ0) is 7.40. The predicted molar refractivity (Wildman–Crippen MR) is 40.9 cm³/mol. The van der Waals surface area contributed by atoms with Gasteiger partial charge in [0.1, 0.15) is 5.15 Å². The van der Waals surface area contributed by atoms with Gasteiger partial charge in [-0.15, -0.1) is 0 Å². The molecule has 56 valence electrons. The Bertz CT molecular complexity index is 197. The molecule has 1 aromatic rings. The number of aromatic nitrogens is 2. The maximum absolute atomic E-state index is 5.58. The molecule has 2 N–H and O–H groups in total. The molecule has 0 amide bonds. The Hall–Kier alpha value is -0.540. The predicted octanol–water partition coefficient (Wildman–Crippen LogP) is 0.885. The molecule has 0 aliphatic carbocycles. The summed E-state index contributed by atoms with van der Waals surface area (Å²) in [7, 11) is 0. The molecule has 1 aromatic heterocycles. The zero-order valence-corrected chi connectivity index (χ0v) is 6.38. The molecule has 0 spiro atoms. The second-order valence-electron chi connectivity index (χ2n) is 2.08. The number of aryl methyl sites for hydroxylation is 1. The lowest BCUT2D eigenvalue weighted by Crippen LogP contribution is -2.03. The van der Waals surface area contributed by atoms with E-state index in [-0.39, 0.29) is 0 Å². The van der Waals surface area contributed by atoms with Crippen molar-refractivity contribution in [2.24, 2.45) is 5.73 Å². The van der Waals surface area contributed by atoms with Gasteiger partial charge in [0.2, 0.25) is 0 Å². The fourth-order valence-corrected chi connectivity index (χ4v) is 0.898. The first-order valence-electron chi connectivity index (χ1n) is 3.20. The number of nitrogens with zero attached hydrogens (tertiary/aromatic N) is 2. The third-order valence-electron chi connectivity index (χ3n) is 1.22. The third-order valence-corrected chi connectivity index (χ3v) is 1.42. The summed E-state index contributed by atoms with van der Waals surface area (Å²) in [6, 6.07) is 0. The molecule has 0 saturated heterocycles. The highest BCUT2D eigenvalue weighted by molar-refractivity contribution is 6.29. The van der Waals surface area contributed by atoms with Crippen molar-refractivity contribution >= 4 is 11.6 Å². The van der Waals surface area contributed by atoms with Gasteiger partial charge in [-0.3, -0.25) is 0 Å². The summed E-state index contributed by atoms with van der Waals surface area (Å²) >= 11 is 5.58. The Labute approximate surface area is 64.8 Å². The van der Waals surface area contributed by atoms with Crippen LogP contribution in [-0.2, 0) is 6.54 Å². The van der Waals surface area contributed by atoms with Crippen LogP contribution in [0.4, 0.5) is 0 Å². The molecule has 0 saturated carbocycles. The first kappa shape index (κ1) is 7.57. The van der Waals surface area contributed by atoms with E-state index in [0.717, 1.165) is 13.0 Å². The molecule has 0 unspecified atom stereocenters. The Balaban J connectivity index is 2.42. The van der Waals surface area contributed by atoms with Crippen LogP contribution in [0, 0.1) is 0 Å². The third kappa shape index (κ3) is 2.01. The van der Waals surface area contributed by atoms with Gasteiger partial charge in [-0.2, -0.15) is 0 Å². The average Bonchev–Trinajstić information content (AvgIpc) is 2.31. The molecular formula is C6H10ClN3. The van der Waals surface area contributed by atoms with E-state index in [9.17, 15) is 0 Å². The van der Waals surface area contributed by atoms with Gasteiger partial charge in [-0.25, -0.2) is 4.98 Å². The molecule has 0 bridgehead atoms. The fourth-order valence-electron chi connectivity index (χ4n) is 0.729. The van der Waals surface area contributed by atoms with Crippen LogP contribution in [0.3, 0.4) is 0 Å². The minimum Gasteiger partial charge on any atom is -0.336 e. The first-order valence-corrected chi connectivity index (χ1v) is 3.58. The van der Waals surface area contributed by atoms with Gasteiger partial charge in [0.15, 0.2) is 0 Å². The summed E-state index contributed by atoms with van der Waals surface area (Å²) in [4.78, 5) is 3.86. The van der Waals surface area contributed by atoms with Crippen LogP contribution in [0.5, 0.6) is 0 Å². The number of hydrogen-bond acceptors (Lipinski definition) is 2. The minimum atomic E-state index is 0.539. The molecule has 10 heavy (non-hydrogen) atoms. The molecule has 0 radical (unpaired) electrons. The van der Waals surface area contributed by atoms with Crippen LogP contribution in [0.15, 0.2) is 12.5 Å². The van der Waals surface area contributed by atoms with Crippen molar-refractivity contribution in [2.75, 3.05) is 6.54 Å². The number of rotatable bonds is 3. The summed E-state index contributed by atoms with van der Waals surface area (Å²) < 4.78 is 1.93. The SMILES string of the molecule is NCCCn1cnc(Cl)c1. The largest absolute Gasteiger partial charge is 0.336 e. The van der Waals surface area contributed by atoms with Crippen LogP contribution < -0.4 is 5.73 Å². The Kier molecular flexibility index (Phi) is 2.71. The van der Waals surface area contributed by atoms with Gasteiger partial charge < -0.3 is 10.3 Å². The summed E-state index contributed by atoms with van der Waals surface area (Å²) in [5.41, 5.74) is 5.32. The van der Waals surface area contributed by atoms with E-state index >= 15 is 0 Å². The molecule has 0 aliphatic heterocycles. The lowest BCUT2D eigenvalue weighted by molar-refractivity contribution is 0.650. The van der Waals surface area contributed by atoms with Gasteiger partial charge in [0, 0.05) is 12.7 Å². The van der Waals surface area contributed by atoms with Gasteiger partial charge >= 0.3 is 0 Å². The van der Waals surface area contributed by atoms with E-state index < -0.39 is 0 Å². The van der Waals surface area contributed by atoms with Crippen LogP contribution in [-0.4, -0.2) is 16.1 Å². The van der Waals surface area contributed by atoms with Crippen molar-refractivity contribution < 1.29 is 0 Å². The average molecular weight is 160 g/mol. The monoisotopic (exact) mass is 159 g/mol. The molecule has 4 heteroatoms. The summed E-state index contributed by atoms with van der Waals surface area (Å²) in [5, 5.41) is 0.539. The van der Waals surface area contributed by atoms with E-state index in [0.29, 0.717) is 11.7 Å². The molecule has 0 fully saturated rings. The maximum atomic E-state index is 5.58. The number of imidazole rings is 1.